The minimum atomic E-state index is -0.552. The first-order valence-electron chi connectivity index (χ1n) is 30.5. The molecule has 0 fully saturated rings. The average Bonchev–Trinajstić information content (AvgIpc) is 3.36. The average molecular weight is 978 g/mol. The summed E-state index contributed by atoms with van der Waals surface area (Å²) in [6.07, 6.45) is 79.3. The molecule has 406 valence electrons. The van der Waals surface area contributed by atoms with Gasteiger partial charge in [-0.25, -0.2) is 0 Å². The topological polar surface area (TPSA) is 61.8 Å². The summed E-state index contributed by atoms with van der Waals surface area (Å²) in [4.78, 5) is 25.6. The largest absolute Gasteiger partial charge is 0.462 e. The van der Waals surface area contributed by atoms with E-state index in [0.717, 1.165) is 77.0 Å². The SMILES string of the molecule is CC/C=C\C/C=C\C/C=C\C/C=C\C/C=C\CCCCCCOCC(COC(=O)CCCCCCCCCCC/C=C\CCCCCCCC)OC(=O)CCCCCCCCCCCCCCCCC. The van der Waals surface area contributed by atoms with Crippen molar-refractivity contribution in [2.45, 2.75) is 309 Å². The van der Waals surface area contributed by atoms with Crippen molar-refractivity contribution in [1.29, 1.82) is 0 Å². The Morgan fingerprint density at radius 1 is 0.329 bits per heavy atom. The first-order chi connectivity index (χ1) is 34.6. The van der Waals surface area contributed by atoms with Crippen molar-refractivity contribution in [1.82, 2.24) is 0 Å². The van der Waals surface area contributed by atoms with E-state index in [-0.39, 0.29) is 25.2 Å². The molecule has 70 heavy (non-hydrogen) atoms. The molecule has 0 aliphatic rings. The number of ether oxygens (including phenoxy) is 3. The smallest absolute Gasteiger partial charge is 0.306 e. The molecule has 0 saturated heterocycles. The van der Waals surface area contributed by atoms with Crippen molar-refractivity contribution in [3.05, 3.63) is 72.9 Å². The second-order valence-electron chi connectivity index (χ2n) is 20.2. The first-order valence-corrected chi connectivity index (χ1v) is 30.5. The molecule has 5 nitrogen and oxygen atoms in total. The molecule has 0 aromatic heterocycles. The molecular formula is C65H116O5. The van der Waals surface area contributed by atoms with Crippen molar-refractivity contribution in [2.75, 3.05) is 19.8 Å². The van der Waals surface area contributed by atoms with Crippen LogP contribution in [0.2, 0.25) is 0 Å². The first kappa shape index (κ1) is 67.3. The van der Waals surface area contributed by atoms with Crippen molar-refractivity contribution >= 4 is 11.9 Å². The monoisotopic (exact) mass is 977 g/mol. The van der Waals surface area contributed by atoms with Gasteiger partial charge < -0.3 is 14.2 Å². The number of carbonyl (C=O) groups excluding carboxylic acids is 2. The highest BCUT2D eigenvalue weighted by Gasteiger charge is 2.17. The number of carbonyl (C=O) groups is 2. The lowest BCUT2D eigenvalue weighted by Crippen LogP contribution is -2.30. The van der Waals surface area contributed by atoms with Gasteiger partial charge in [0.2, 0.25) is 0 Å². The van der Waals surface area contributed by atoms with Gasteiger partial charge in [0, 0.05) is 19.4 Å². The quantitative estimate of drug-likeness (QED) is 0.0345. The Labute approximate surface area is 436 Å². The number of esters is 2. The zero-order valence-corrected chi connectivity index (χ0v) is 46.8. The highest BCUT2D eigenvalue weighted by atomic mass is 16.6. The zero-order valence-electron chi connectivity index (χ0n) is 46.8. The standard InChI is InChI=1S/C65H116O5/c1-4-7-10-13-16-19-22-25-28-30-32-34-36-39-42-45-48-51-54-57-60-68-61-63(70-65(67)59-56-53-50-47-44-41-37-27-24-21-18-15-12-9-6-3)62-69-64(66)58-55-52-49-46-43-40-38-35-33-31-29-26-23-20-17-14-11-8-5-2/h7,10,16,19,25-26,28-29,32,34,39,42,63H,4-6,8-9,11-15,17-18,20-24,27,30-31,33,35-38,40-41,43-62H2,1-3H3/b10-7-,19-16-,28-25-,29-26-,34-32-,42-39-. The van der Waals surface area contributed by atoms with Crippen LogP contribution in [0.1, 0.15) is 303 Å². The summed E-state index contributed by atoms with van der Waals surface area (Å²) in [5.41, 5.74) is 0. The van der Waals surface area contributed by atoms with E-state index < -0.39 is 6.10 Å². The van der Waals surface area contributed by atoms with Crippen LogP contribution in [0.4, 0.5) is 0 Å². The van der Waals surface area contributed by atoms with E-state index in [1.54, 1.807) is 0 Å². The van der Waals surface area contributed by atoms with Gasteiger partial charge in [-0.3, -0.25) is 9.59 Å². The molecule has 0 radical (unpaired) electrons. The summed E-state index contributed by atoms with van der Waals surface area (Å²) in [6, 6.07) is 0. The maximum absolute atomic E-state index is 12.9. The van der Waals surface area contributed by atoms with E-state index in [2.05, 4.69) is 93.7 Å². The van der Waals surface area contributed by atoms with Crippen LogP contribution in [0, 0.1) is 0 Å². The Morgan fingerprint density at radius 3 is 1.04 bits per heavy atom. The van der Waals surface area contributed by atoms with Crippen LogP contribution in [0.3, 0.4) is 0 Å². The van der Waals surface area contributed by atoms with Gasteiger partial charge in [-0.2, -0.15) is 0 Å². The maximum Gasteiger partial charge on any atom is 0.306 e. The second-order valence-corrected chi connectivity index (χ2v) is 20.2. The Hall–Kier alpha value is -2.66. The minimum absolute atomic E-state index is 0.0750. The predicted octanol–water partition coefficient (Wildman–Crippen LogP) is 21.0. The third kappa shape index (κ3) is 57.9. The summed E-state index contributed by atoms with van der Waals surface area (Å²) in [6.45, 7) is 7.70. The van der Waals surface area contributed by atoms with E-state index in [1.165, 1.54) is 193 Å². The Bertz CT molecular complexity index is 1240. The highest BCUT2D eigenvalue weighted by molar-refractivity contribution is 5.70. The van der Waals surface area contributed by atoms with Gasteiger partial charge in [-0.05, 0) is 89.9 Å². The number of unbranched alkanes of at least 4 members (excludes halogenated alkanes) is 33. The van der Waals surface area contributed by atoms with Crippen LogP contribution >= 0.6 is 0 Å². The lowest BCUT2D eigenvalue weighted by molar-refractivity contribution is -0.163. The minimum Gasteiger partial charge on any atom is -0.462 e. The predicted molar refractivity (Wildman–Crippen MR) is 307 cm³/mol. The molecule has 0 aliphatic carbocycles. The molecule has 0 aliphatic heterocycles. The van der Waals surface area contributed by atoms with E-state index in [9.17, 15) is 9.59 Å². The maximum atomic E-state index is 12.9. The summed E-state index contributed by atoms with van der Waals surface area (Å²) in [5.74, 6) is -0.401. The molecule has 0 bridgehead atoms. The number of hydrogen-bond donors (Lipinski definition) is 0. The summed E-state index contributed by atoms with van der Waals surface area (Å²) in [5, 5.41) is 0. The van der Waals surface area contributed by atoms with Crippen molar-refractivity contribution < 1.29 is 23.8 Å². The van der Waals surface area contributed by atoms with Gasteiger partial charge in [0.05, 0.1) is 6.61 Å². The lowest BCUT2D eigenvalue weighted by Gasteiger charge is -2.18. The third-order valence-electron chi connectivity index (χ3n) is 13.2. The van der Waals surface area contributed by atoms with E-state index in [1.807, 2.05) is 0 Å². The molecule has 0 saturated carbocycles. The van der Waals surface area contributed by atoms with Crippen LogP contribution in [-0.2, 0) is 23.8 Å². The fourth-order valence-corrected chi connectivity index (χ4v) is 8.71. The van der Waals surface area contributed by atoms with Crippen LogP contribution in [-0.4, -0.2) is 37.9 Å². The zero-order chi connectivity index (χ0) is 50.6. The fraction of sp³-hybridized carbons (Fsp3) is 0.785. The Morgan fingerprint density at radius 2 is 0.643 bits per heavy atom. The van der Waals surface area contributed by atoms with Crippen LogP contribution in [0.15, 0.2) is 72.9 Å². The summed E-state index contributed by atoms with van der Waals surface area (Å²) < 4.78 is 17.5. The second kappa shape index (κ2) is 60.6. The molecule has 0 spiro atoms. The molecule has 1 atom stereocenters. The Balaban J connectivity index is 4.30. The van der Waals surface area contributed by atoms with Gasteiger partial charge in [-0.15, -0.1) is 0 Å². The van der Waals surface area contributed by atoms with E-state index in [0.29, 0.717) is 19.4 Å². The molecular weight excluding hydrogens is 861 g/mol. The van der Waals surface area contributed by atoms with Gasteiger partial charge in [0.25, 0.3) is 0 Å². The highest BCUT2D eigenvalue weighted by Crippen LogP contribution is 2.16. The fourth-order valence-electron chi connectivity index (χ4n) is 8.71. The van der Waals surface area contributed by atoms with Crippen LogP contribution in [0.5, 0.6) is 0 Å². The van der Waals surface area contributed by atoms with Gasteiger partial charge in [0.1, 0.15) is 6.61 Å². The van der Waals surface area contributed by atoms with Crippen LogP contribution < -0.4 is 0 Å². The molecule has 0 aromatic carbocycles. The van der Waals surface area contributed by atoms with Crippen LogP contribution in [0.25, 0.3) is 0 Å². The normalized spacial score (nSPS) is 12.7. The summed E-state index contributed by atoms with van der Waals surface area (Å²) in [7, 11) is 0. The number of rotatable bonds is 56. The van der Waals surface area contributed by atoms with Gasteiger partial charge in [-0.1, -0.05) is 273 Å². The van der Waals surface area contributed by atoms with Crippen molar-refractivity contribution in [3.8, 4) is 0 Å². The molecule has 0 N–H and O–H groups in total. The van der Waals surface area contributed by atoms with Gasteiger partial charge >= 0.3 is 11.9 Å². The van der Waals surface area contributed by atoms with E-state index in [4.69, 9.17) is 14.2 Å². The molecule has 0 aromatic rings. The molecule has 0 heterocycles. The number of allylic oxidation sites excluding steroid dienone is 12. The third-order valence-corrected chi connectivity index (χ3v) is 13.2. The van der Waals surface area contributed by atoms with Crippen molar-refractivity contribution in [3.63, 3.8) is 0 Å². The molecule has 0 amide bonds. The van der Waals surface area contributed by atoms with Crippen molar-refractivity contribution in [2.24, 2.45) is 0 Å². The van der Waals surface area contributed by atoms with Gasteiger partial charge in [0.15, 0.2) is 6.10 Å². The Kier molecular flexibility index (Phi) is 58.3. The molecule has 0 rings (SSSR count). The lowest BCUT2D eigenvalue weighted by atomic mass is 10.0. The number of hydrogen-bond acceptors (Lipinski definition) is 5. The molecule has 1 unspecified atom stereocenters. The molecule has 5 heteroatoms. The van der Waals surface area contributed by atoms with E-state index >= 15 is 0 Å². The summed E-state index contributed by atoms with van der Waals surface area (Å²) >= 11 is 0.